The Labute approximate surface area is 167 Å². The fourth-order valence-electron chi connectivity index (χ4n) is 3.30. The van der Waals surface area contributed by atoms with Gasteiger partial charge in [0, 0.05) is 49.0 Å². The third-order valence-corrected chi connectivity index (χ3v) is 4.93. The smallest absolute Gasteiger partial charge is 0.256 e. The van der Waals surface area contributed by atoms with Crippen LogP contribution in [0.5, 0.6) is 11.5 Å². The van der Waals surface area contributed by atoms with Crippen LogP contribution < -0.4 is 14.8 Å². The van der Waals surface area contributed by atoms with Gasteiger partial charge >= 0.3 is 0 Å². The van der Waals surface area contributed by atoms with E-state index in [1.807, 2.05) is 0 Å². The monoisotopic (exact) mass is 404 g/mol. The fraction of sp³-hybridized carbons (Fsp3) is 0.333. The summed E-state index contributed by atoms with van der Waals surface area (Å²) in [4.78, 5) is 26.6. The molecule has 2 aromatic carbocycles. The summed E-state index contributed by atoms with van der Waals surface area (Å²) in [5.41, 5.74) is 0.385. The van der Waals surface area contributed by atoms with E-state index in [0.29, 0.717) is 49.2 Å². The van der Waals surface area contributed by atoms with E-state index in [4.69, 9.17) is 9.47 Å². The molecule has 29 heavy (non-hydrogen) atoms. The lowest BCUT2D eigenvalue weighted by atomic mass is 9.95. The van der Waals surface area contributed by atoms with Crippen molar-refractivity contribution in [2.45, 2.75) is 12.8 Å². The van der Waals surface area contributed by atoms with E-state index < -0.39 is 17.5 Å². The van der Waals surface area contributed by atoms with E-state index >= 15 is 0 Å². The number of methoxy groups -OCH3 is 2. The van der Waals surface area contributed by atoms with Gasteiger partial charge in [0.2, 0.25) is 5.91 Å². The number of likely N-dealkylation sites (tertiary alicyclic amines) is 1. The van der Waals surface area contributed by atoms with Crippen molar-refractivity contribution in [3.8, 4) is 11.5 Å². The van der Waals surface area contributed by atoms with Gasteiger partial charge in [-0.1, -0.05) is 0 Å². The molecule has 0 radical (unpaired) electrons. The molecule has 6 nitrogen and oxygen atoms in total. The number of benzene rings is 2. The van der Waals surface area contributed by atoms with E-state index in [2.05, 4.69) is 5.32 Å². The lowest BCUT2D eigenvalue weighted by Gasteiger charge is -2.31. The van der Waals surface area contributed by atoms with Crippen LogP contribution in [0, 0.1) is 17.6 Å². The van der Waals surface area contributed by atoms with Gasteiger partial charge in [-0.2, -0.15) is 0 Å². The van der Waals surface area contributed by atoms with Crippen molar-refractivity contribution in [2.24, 2.45) is 5.92 Å². The highest BCUT2D eigenvalue weighted by Gasteiger charge is 2.29. The molecule has 1 heterocycles. The van der Waals surface area contributed by atoms with Crippen LogP contribution in [0.25, 0.3) is 0 Å². The van der Waals surface area contributed by atoms with Crippen molar-refractivity contribution in [3.63, 3.8) is 0 Å². The Morgan fingerprint density at radius 2 is 1.62 bits per heavy atom. The Balaban J connectivity index is 1.60. The maximum atomic E-state index is 13.9. The van der Waals surface area contributed by atoms with E-state index in [1.54, 1.807) is 18.2 Å². The summed E-state index contributed by atoms with van der Waals surface area (Å²) in [5.74, 6) is -1.46. The third-order valence-electron chi connectivity index (χ3n) is 4.93. The molecule has 1 saturated heterocycles. The van der Waals surface area contributed by atoms with Crippen LogP contribution in [0.15, 0.2) is 36.4 Å². The Morgan fingerprint density at radius 1 is 1.00 bits per heavy atom. The number of carbonyl (C=O) groups excluding carboxylic acids is 2. The number of carbonyl (C=O) groups is 2. The zero-order valence-corrected chi connectivity index (χ0v) is 16.2. The highest BCUT2D eigenvalue weighted by Crippen LogP contribution is 2.27. The number of hydrogen-bond donors (Lipinski definition) is 1. The Bertz CT molecular complexity index is 889. The normalized spacial score (nSPS) is 14.4. The van der Waals surface area contributed by atoms with Gasteiger partial charge in [-0.05, 0) is 25.0 Å². The number of rotatable bonds is 5. The molecule has 8 heteroatoms. The van der Waals surface area contributed by atoms with Crippen molar-refractivity contribution in [1.82, 2.24) is 4.90 Å². The molecule has 0 atom stereocenters. The SMILES string of the molecule is COc1cc(NC(=O)C2CCN(C(=O)c3ccc(F)cc3F)CC2)cc(OC)c1. The molecule has 0 bridgehead atoms. The zero-order valence-electron chi connectivity index (χ0n) is 16.2. The van der Waals surface area contributed by atoms with Gasteiger partial charge < -0.3 is 19.7 Å². The van der Waals surface area contributed by atoms with Crippen molar-refractivity contribution in [2.75, 3.05) is 32.6 Å². The number of amides is 2. The molecule has 0 saturated carbocycles. The number of nitrogens with zero attached hydrogens (tertiary/aromatic N) is 1. The molecule has 2 amide bonds. The first kappa shape index (κ1) is 20.6. The molecule has 154 valence electrons. The van der Waals surface area contributed by atoms with Gasteiger partial charge in [-0.15, -0.1) is 0 Å². The number of ether oxygens (including phenoxy) is 2. The summed E-state index contributed by atoms with van der Waals surface area (Å²) in [6.45, 7) is 0.629. The summed E-state index contributed by atoms with van der Waals surface area (Å²) in [7, 11) is 3.05. The number of halogens is 2. The van der Waals surface area contributed by atoms with Gasteiger partial charge in [-0.25, -0.2) is 8.78 Å². The highest BCUT2D eigenvalue weighted by atomic mass is 19.1. The van der Waals surface area contributed by atoms with Gasteiger partial charge in [-0.3, -0.25) is 9.59 Å². The summed E-state index contributed by atoms with van der Waals surface area (Å²) in [5, 5.41) is 2.85. The molecule has 1 aliphatic heterocycles. The lowest BCUT2D eigenvalue weighted by molar-refractivity contribution is -0.121. The molecule has 1 fully saturated rings. The molecule has 0 spiro atoms. The Kier molecular flexibility index (Phi) is 6.31. The standard InChI is InChI=1S/C21H22F2N2O4/c1-28-16-10-15(11-17(12-16)29-2)24-20(26)13-5-7-25(8-6-13)21(27)18-4-3-14(22)9-19(18)23/h3-4,9-13H,5-8H2,1-2H3,(H,24,26). The van der Waals surface area contributed by atoms with Crippen molar-refractivity contribution >= 4 is 17.5 Å². The van der Waals surface area contributed by atoms with Crippen LogP contribution in [0.4, 0.5) is 14.5 Å². The van der Waals surface area contributed by atoms with Crippen molar-refractivity contribution < 1.29 is 27.8 Å². The summed E-state index contributed by atoms with van der Waals surface area (Å²) in [6, 6.07) is 7.97. The summed E-state index contributed by atoms with van der Waals surface area (Å²) in [6.07, 6.45) is 0.892. The average Bonchev–Trinajstić information content (AvgIpc) is 2.73. The molecule has 1 N–H and O–H groups in total. The predicted molar refractivity (Wildman–Crippen MR) is 103 cm³/mol. The fourth-order valence-corrected chi connectivity index (χ4v) is 3.30. The molecule has 1 aliphatic rings. The van der Waals surface area contributed by atoms with E-state index in [0.717, 1.165) is 12.1 Å². The second kappa shape index (κ2) is 8.89. The largest absolute Gasteiger partial charge is 0.497 e. The number of piperidine rings is 1. The predicted octanol–water partition coefficient (Wildman–Crippen LogP) is 3.47. The minimum atomic E-state index is -0.887. The number of hydrogen-bond acceptors (Lipinski definition) is 4. The van der Waals surface area contributed by atoms with Crippen LogP contribution in [-0.2, 0) is 4.79 Å². The number of anilines is 1. The maximum Gasteiger partial charge on any atom is 0.256 e. The lowest BCUT2D eigenvalue weighted by Crippen LogP contribution is -2.41. The van der Waals surface area contributed by atoms with E-state index in [-0.39, 0.29) is 17.4 Å². The average molecular weight is 404 g/mol. The third kappa shape index (κ3) is 4.82. The van der Waals surface area contributed by atoms with Crippen LogP contribution >= 0.6 is 0 Å². The molecule has 0 aromatic heterocycles. The second-order valence-corrected chi connectivity index (χ2v) is 6.78. The first-order chi connectivity index (χ1) is 13.9. The van der Waals surface area contributed by atoms with E-state index in [1.165, 1.54) is 19.1 Å². The van der Waals surface area contributed by atoms with Crippen LogP contribution in [-0.4, -0.2) is 44.0 Å². The summed E-state index contributed by atoms with van der Waals surface area (Å²) < 4.78 is 37.3. The first-order valence-electron chi connectivity index (χ1n) is 9.19. The van der Waals surface area contributed by atoms with Gasteiger partial charge in [0.1, 0.15) is 23.1 Å². The van der Waals surface area contributed by atoms with E-state index in [9.17, 15) is 18.4 Å². The van der Waals surface area contributed by atoms with Crippen LogP contribution in [0.1, 0.15) is 23.2 Å². The van der Waals surface area contributed by atoms with Crippen LogP contribution in [0.2, 0.25) is 0 Å². The molecule has 0 aliphatic carbocycles. The van der Waals surface area contributed by atoms with Crippen LogP contribution in [0.3, 0.4) is 0 Å². The van der Waals surface area contributed by atoms with Gasteiger partial charge in [0.15, 0.2) is 0 Å². The van der Waals surface area contributed by atoms with Gasteiger partial charge in [0.05, 0.1) is 19.8 Å². The molecular weight excluding hydrogens is 382 g/mol. The first-order valence-corrected chi connectivity index (χ1v) is 9.19. The molecule has 3 rings (SSSR count). The minimum absolute atomic E-state index is 0.166. The molecule has 0 unspecified atom stereocenters. The zero-order chi connectivity index (χ0) is 21.0. The maximum absolute atomic E-state index is 13.9. The van der Waals surface area contributed by atoms with Crippen molar-refractivity contribution in [3.05, 3.63) is 53.6 Å². The molecular formula is C21H22F2N2O4. The Hall–Kier alpha value is -3.16. The van der Waals surface area contributed by atoms with Crippen molar-refractivity contribution in [1.29, 1.82) is 0 Å². The van der Waals surface area contributed by atoms with Gasteiger partial charge in [0.25, 0.3) is 5.91 Å². The summed E-state index contributed by atoms with van der Waals surface area (Å²) >= 11 is 0. The quantitative estimate of drug-likeness (QED) is 0.829. The highest BCUT2D eigenvalue weighted by molar-refractivity contribution is 5.95. The second-order valence-electron chi connectivity index (χ2n) is 6.78. The number of nitrogens with one attached hydrogen (secondary N) is 1. The minimum Gasteiger partial charge on any atom is -0.497 e. The Morgan fingerprint density at radius 3 is 2.17 bits per heavy atom. The molecule has 2 aromatic rings. The topological polar surface area (TPSA) is 67.9 Å².